The molecule has 0 radical (unpaired) electrons. The number of halogens is 2. The average molecular weight is 300 g/mol. The van der Waals surface area contributed by atoms with Crippen LogP contribution in [0.25, 0.3) is 0 Å². The molecule has 1 aliphatic carbocycles. The number of benzene rings is 1. The molecule has 17 heavy (non-hydrogen) atoms. The number of hydrogen-bond acceptors (Lipinski definition) is 1. The van der Waals surface area contributed by atoms with Crippen LogP contribution < -0.4 is 5.32 Å². The Hall–Kier alpha value is -0.900. The van der Waals surface area contributed by atoms with Crippen LogP contribution >= 0.6 is 15.9 Å². The predicted octanol–water partition coefficient (Wildman–Crippen LogP) is 2.80. The highest BCUT2D eigenvalue weighted by molar-refractivity contribution is 9.09. The van der Waals surface area contributed by atoms with E-state index >= 15 is 0 Å². The second-order valence-corrected chi connectivity index (χ2v) is 5.18. The molecule has 92 valence electrons. The molecule has 1 saturated carbocycles. The van der Waals surface area contributed by atoms with E-state index in [1.165, 1.54) is 12.1 Å². The molecule has 1 aliphatic rings. The number of hydrogen-bond donors (Lipinski definition) is 1. The molecule has 1 aromatic carbocycles. The molecule has 1 fully saturated rings. The zero-order valence-corrected chi connectivity index (χ0v) is 11.1. The van der Waals surface area contributed by atoms with Crippen molar-refractivity contribution in [3.05, 3.63) is 35.6 Å². The van der Waals surface area contributed by atoms with Crippen molar-refractivity contribution in [2.75, 3.05) is 5.33 Å². The molecule has 0 spiro atoms. The lowest BCUT2D eigenvalue weighted by Crippen LogP contribution is -2.55. The Labute approximate surface area is 109 Å². The van der Waals surface area contributed by atoms with Gasteiger partial charge in [0.1, 0.15) is 5.82 Å². The SMILES string of the molecule is O=C(Cc1cccc(F)c1)NC1(CBr)CCC1. The van der Waals surface area contributed by atoms with Crippen LogP contribution in [0.15, 0.2) is 24.3 Å². The monoisotopic (exact) mass is 299 g/mol. The third-order valence-electron chi connectivity index (χ3n) is 3.22. The lowest BCUT2D eigenvalue weighted by atomic mass is 9.78. The van der Waals surface area contributed by atoms with Crippen molar-refractivity contribution in [2.24, 2.45) is 0 Å². The van der Waals surface area contributed by atoms with Crippen LogP contribution in [0, 0.1) is 5.82 Å². The predicted molar refractivity (Wildman–Crippen MR) is 68.6 cm³/mol. The van der Waals surface area contributed by atoms with E-state index in [1.807, 2.05) is 0 Å². The normalized spacial score (nSPS) is 17.3. The Morgan fingerprint density at radius 1 is 1.47 bits per heavy atom. The molecule has 2 rings (SSSR count). The van der Waals surface area contributed by atoms with Gasteiger partial charge in [0.15, 0.2) is 0 Å². The summed E-state index contributed by atoms with van der Waals surface area (Å²) in [6.07, 6.45) is 3.44. The lowest BCUT2D eigenvalue weighted by Gasteiger charge is -2.41. The molecule has 4 heteroatoms. The van der Waals surface area contributed by atoms with E-state index in [-0.39, 0.29) is 23.7 Å². The lowest BCUT2D eigenvalue weighted by molar-refractivity contribution is -0.123. The summed E-state index contributed by atoms with van der Waals surface area (Å²) in [4.78, 5) is 11.8. The first-order valence-corrected chi connectivity index (χ1v) is 6.87. The molecule has 2 nitrogen and oxygen atoms in total. The van der Waals surface area contributed by atoms with Crippen molar-refractivity contribution in [1.82, 2.24) is 5.32 Å². The second-order valence-electron chi connectivity index (χ2n) is 4.62. The molecule has 0 bridgehead atoms. The fourth-order valence-corrected chi connectivity index (χ4v) is 2.77. The van der Waals surface area contributed by atoms with Crippen LogP contribution in [0.4, 0.5) is 4.39 Å². The van der Waals surface area contributed by atoms with E-state index < -0.39 is 0 Å². The fourth-order valence-electron chi connectivity index (χ4n) is 2.07. The maximum absolute atomic E-state index is 13.0. The van der Waals surface area contributed by atoms with Crippen molar-refractivity contribution in [3.63, 3.8) is 0 Å². The van der Waals surface area contributed by atoms with Gasteiger partial charge in [0.25, 0.3) is 0 Å². The molecular formula is C13H15BrFNO. The summed E-state index contributed by atoms with van der Waals surface area (Å²) in [6, 6.07) is 6.18. The van der Waals surface area contributed by atoms with Crippen molar-refractivity contribution >= 4 is 21.8 Å². The van der Waals surface area contributed by atoms with Gasteiger partial charge < -0.3 is 5.32 Å². The smallest absolute Gasteiger partial charge is 0.224 e. The topological polar surface area (TPSA) is 29.1 Å². The van der Waals surface area contributed by atoms with E-state index in [0.29, 0.717) is 5.56 Å². The van der Waals surface area contributed by atoms with Crippen molar-refractivity contribution in [2.45, 2.75) is 31.2 Å². The molecule has 1 aromatic rings. The largest absolute Gasteiger partial charge is 0.350 e. The van der Waals surface area contributed by atoms with Gasteiger partial charge in [0.2, 0.25) is 5.91 Å². The maximum atomic E-state index is 13.0. The number of carbonyl (C=O) groups is 1. The number of carbonyl (C=O) groups excluding carboxylic acids is 1. The Morgan fingerprint density at radius 3 is 2.76 bits per heavy atom. The minimum Gasteiger partial charge on any atom is -0.350 e. The van der Waals surface area contributed by atoms with Crippen LogP contribution in [0.2, 0.25) is 0 Å². The first-order valence-electron chi connectivity index (χ1n) is 5.75. The van der Waals surface area contributed by atoms with Gasteiger partial charge in [-0.15, -0.1) is 0 Å². The van der Waals surface area contributed by atoms with Crippen LogP contribution in [0.5, 0.6) is 0 Å². The minimum atomic E-state index is -0.297. The molecule has 0 aromatic heterocycles. The van der Waals surface area contributed by atoms with Crippen LogP contribution in [0.1, 0.15) is 24.8 Å². The van der Waals surface area contributed by atoms with Gasteiger partial charge in [0.05, 0.1) is 6.42 Å². The number of amides is 1. The molecule has 0 heterocycles. The summed E-state index contributed by atoms with van der Waals surface area (Å²) in [5.41, 5.74) is 0.649. The van der Waals surface area contributed by atoms with Crippen LogP contribution in [-0.2, 0) is 11.2 Å². The summed E-state index contributed by atoms with van der Waals surface area (Å²) in [5, 5.41) is 3.83. The van der Waals surface area contributed by atoms with E-state index in [2.05, 4.69) is 21.2 Å². The van der Waals surface area contributed by atoms with Gasteiger partial charge in [0, 0.05) is 10.9 Å². The highest BCUT2D eigenvalue weighted by atomic mass is 79.9. The van der Waals surface area contributed by atoms with Gasteiger partial charge in [-0.1, -0.05) is 28.1 Å². The summed E-state index contributed by atoms with van der Waals surface area (Å²) < 4.78 is 13.0. The van der Waals surface area contributed by atoms with E-state index in [4.69, 9.17) is 0 Å². The summed E-state index contributed by atoms with van der Waals surface area (Å²) in [5.74, 6) is -0.330. The third kappa shape index (κ3) is 3.06. The van der Waals surface area contributed by atoms with E-state index in [0.717, 1.165) is 24.6 Å². The fraction of sp³-hybridized carbons (Fsp3) is 0.462. The molecule has 0 saturated heterocycles. The Bertz CT molecular complexity index is 412. The number of alkyl halides is 1. The highest BCUT2D eigenvalue weighted by Gasteiger charge is 2.36. The number of rotatable bonds is 4. The van der Waals surface area contributed by atoms with Crippen molar-refractivity contribution in [3.8, 4) is 0 Å². The standard InChI is InChI=1S/C13H15BrFNO/c14-9-13(5-2-6-13)16-12(17)8-10-3-1-4-11(15)7-10/h1,3-4,7H,2,5-6,8-9H2,(H,16,17). The van der Waals surface area contributed by atoms with Crippen LogP contribution in [0.3, 0.4) is 0 Å². The molecule has 1 amide bonds. The number of nitrogens with one attached hydrogen (secondary N) is 1. The van der Waals surface area contributed by atoms with Crippen molar-refractivity contribution in [1.29, 1.82) is 0 Å². The van der Waals surface area contributed by atoms with Gasteiger partial charge >= 0.3 is 0 Å². The first kappa shape index (κ1) is 12.6. The Morgan fingerprint density at radius 2 is 2.24 bits per heavy atom. The molecular weight excluding hydrogens is 285 g/mol. The zero-order chi connectivity index (χ0) is 12.3. The third-order valence-corrected chi connectivity index (χ3v) is 4.30. The second kappa shape index (κ2) is 5.17. The zero-order valence-electron chi connectivity index (χ0n) is 9.51. The molecule has 0 atom stereocenters. The Kier molecular flexibility index (Phi) is 3.82. The van der Waals surface area contributed by atoms with E-state index in [1.54, 1.807) is 12.1 Å². The van der Waals surface area contributed by atoms with Gasteiger partial charge in [-0.25, -0.2) is 4.39 Å². The van der Waals surface area contributed by atoms with Gasteiger partial charge in [-0.05, 0) is 37.0 Å². The summed E-state index contributed by atoms with van der Waals surface area (Å²) in [7, 11) is 0. The quantitative estimate of drug-likeness (QED) is 0.851. The highest BCUT2D eigenvalue weighted by Crippen LogP contribution is 2.33. The molecule has 0 aliphatic heterocycles. The first-order chi connectivity index (χ1) is 8.13. The average Bonchev–Trinajstić information content (AvgIpc) is 2.23. The molecule has 1 N–H and O–H groups in total. The van der Waals surface area contributed by atoms with Gasteiger partial charge in [-0.3, -0.25) is 4.79 Å². The molecule has 0 unspecified atom stereocenters. The maximum Gasteiger partial charge on any atom is 0.224 e. The minimum absolute atomic E-state index is 0.0326. The van der Waals surface area contributed by atoms with Crippen molar-refractivity contribution < 1.29 is 9.18 Å². The van der Waals surface area contributed by atoms with Crippen LogP contribution in [-0.4, -0.2) is 16.8 Å². The van der Waals surface area contributed by atoms with E-state index in [9.17, 15) is 9.18 Å². The van der Waals surface area contributed by atoms with Gasteiger partial charge in [-0.2, -0.15) is 0 Å². The Balaban J connectivity index is 1.93. The summed E-state index contributed by atoms with van der Waals surface area (Å²) in [6.45, 7) is 0. The summed E-state index contributed by atoms with van der Waals surface area (Å²) >= 11 is 3.43.